The molecule has 0 saturated heterocycles. The number of carboxylic acid groups (broad SMARTS) is 1. The van der Waals surface area contributed by atoms with E-state index in [1.165, 1.54) is 0 Å². The van der Waals surface area contributed by atoms with Crippen LogP contribution in [0.4, 0.5) is 0 Å². The standard InChI is InChI=1S/C14H23N3O3/c1-8(14(19)20)6-5-7-9(2)15-13(18)12-10(3)16-17-11(12)4/h8-9H,5-7H2,1-4H3,(H,15,18)(H,16,17)(H,19,20). The number of hydrogen-bond donors (Lipinski definition) is 3. The highest BCUT2D eigenvalue weighted by Crippen LogP contribution is 2.12. The number of carbonyl (C=O) groups excluding carboxylic acids is 1. The number of carbonyl (C=O) groups is 2. The molecule has 20 heavy (non-hydrogen) atoms. The van der Waals surface area contributed by atoms with Crippen molar-refractivity contribution in [1.29, 1.82) is 0 Å². The molecule has 0 fully saturated rings. The molecule has 0 bridgehead atoms. The maximum absolute atomic E-state index is 12.1. The van der Waals surface area contributed by atoms with E-state index in [1.54, 1.807) is 13.8 Å². The van der Waals surface area contributed by atoms with E-state index < -0.39 is 5.97 Å². The molecule has 0 aliphatic carbocycles. The van der Waals surface area contributed by atoms with Crippen molar-refractivity contribution >= 4 is 11.9 Å². The second kappa shape index (κ2) is 7.07. The van der Waals surface area contributed by atoms with E-state index in [-0.39, 0.29) is 17.9 Å². The number of aromatic amines is 1. The number of amides is 1. The van der Waals surface area contributed by atoms with E-state index in [2.05, 4.69) is 15.5 Å². The SMILES string of the molecule is Cc1n[nH]c(C)c1C(=O)NC(C)CCCC(C)C(=O)O. The molecule has 1 heterocycles. The minimum absolute atomic E-state index is 0.0113. The second-order valence-electron chi connectivity index (χ2n) is 5.35. The fourth-order valence-corrected chi connectivity index (χ4v) is 2.11. The lowest BCUT2D eigenvalue weighted by molar-refractivity contribution is -0.141. The van der Waals surface area contributed by atoms with Gasteiger partial charge in [-0.3, -0.25) is 14.7 Å². The maximum Gasteiger partial charge on any atom is 0.306 e. The van der Waals surface area contributed by atoms with Crippen molar-refractivity contribution in [3.8, 4) is 0 Å². The Bertz CT molecular complexity index is 463. The van der Waals surface area contributed by atoms with E-state index >= 15 is 0 Å². The number of aliphatic carboxylic acids is 1. The largest absolute Gasteiger partial charge is 0.481 e. The van der Waals surface area contributed by atoms with Gasteiger partial charge in [0.15, 0.2) is 0 Å². The lowest BCUT2D eigenvalue weighted by Crippen LogP contribution is -2.33. The first-order chi connectivity index (χ1) is 9.32. The fraction of sp³-hybridized carbons (Fsp3) is 0.643. The molecular formula is C14H23N3O3. The minimum atomic E-state index is -0.772. The van der Waals surface area contributed by atoms with E-state index in [1.807, 2.05) is 13.8 Å². The van der Waals surface area contributed by atoms with Gasteiger partial charge in [-0.25, -0.2) is 0 Å². The average Bonchev–Trinajstić information content (AvgIpc) is 2.68. The first-order valence-electron chi connectivity index (χ1n) is 6.88. The Labute approximate surface area is 119 Å². The Morgan fingerprint density at radius 2 is 1.95 bits per heavy atom. The number of aryl methyl sites for hydroxylation is 2. The van der Waals surface area contributed by atoms with Gasteiger partial charge in [0.1, 0.15) is 0 Å². The number of H-pyrrole nitrogens is 1. The molecule has 1 aromatic rings. The van der Waals surface area contributed by atoms with Crippen LogP contribution in [0.1, 0.15) is 54.9 Å². The van der Waals surface area contributed by atoms with Gasteiger partial charge in [-0.15, -0.1) is 0 Å². The molecule has 0 spiro atoms. The third-order valence-corrected chi connectivity index (χ3v) is 3.43. The Morgan fingerprint density at radius 1 is 1.30 bits per heavy atom. The lowest BCUT2D eigenvalue weighted by Gasteiger charge is -2.14. The summed E-state index contributed by atoms with van der Waals surface area (Å²) in [5, 5.41) is 18.5. The predicted molar refractivity (Wildman–Crippen MR) is 75.6 cm³/mol. The van der Waals surface area contributed by atoms with Crippen molar-refractivity contribution in [1.82, 2.24) is 15.5 Å². The summed E-state index contributed by atoms with van der Waals surface area (Å²) < 4.78 is 0. The van der Waals surface area contributed by atoms with Gasteiger partial charge in [-0.05, 0) is 33.6 Å². The van der Waals surface area contributed by atoms with Crippen LogP contribution in [0.15, 0.2) is 0 Å². The molecule has 0 radical (unpaired) electrons. The normalized spacial score (nSPS) is 13.8. The van der Waals surface area contributed by atoms with Crippen molar-refractivity contribution in [2.45, 2.75) is 53.0 Å². The molecule has 112 valence electrons. The highest BCUT2D eigenvalue weighted by Gasteiger charge is 2.17. The molecule has 3 N–H and O–H groups in total. The van der Waals surface area contributed by atoms with Crippen LogP contribution in [0.25, 0.3) is 0 Å². The van der Waals surface area contributed by atoms with Crippen LogP contribution >= 0.6 is 0 Å². The third-order valence-electron chi connectivity index (χ3n) is 3.43. The number of hydrogen-bond acceptors (Lipinski definition) is 3. The molecule has 0 aliphatic rings. The van der Waals surface area contributed by atoms with Crippen LogP contribution in [0.5, 0.6) is 0 Å². The van der Waals surface area contributed by atoms with Crippen molar-refractivity contribution in [3.63, 3.8) is 0 Å². The summed E-state index contributed by atoms with van der Waals surface area (Å²) >= 11 is 0. The van der Waals surface area contributed by atoms with Crippen LogP contribution in [0.3, 0.4) is 0 Å². The van der Waals surface area contributed by atoms with Crippen LogP contribution < -0.4 is 5.32 Å². The molecule has 6 heteroatoms. The van der Waals surface area contributed by atoms with Gasteiger partial charge in [0.05, 0.1) is 17.2 Å². The molecule has 2 unspecified atom stereocenters. The van der Waals surface area contributed by atoms with E-state index in [4.69, 9.17) is 5.11 Å². The lowest BCUT2D eigenvalue weighted by atomic mass is 10.0. The molecule has 0 aliphatic heterocycles. The van der Waals surface area contributed by atoms with Crippen molar-refractivity contribution < 1.29 is 14.7 Å². The summed E-state index contributed by atoms with van der Waals surface area (Å²) in [7, 11) is 0. The molecule has 1 amide bonds. The van der Waals surface area contributed by atoms with Crippen LogP contribution in [0.2, 0.25) is 0 Å². The van der Waals surface area contributed by atoms with Crippen molar-refractivity contribution in [2.24, 2.45) is 5.92 Å². The van der Waals surface area contributed by atoms with Gasteiger partial charge >= 0.3 is 5.97 Å². The van der Waals surface area contributed by atoms with Gasteiger partial charge in [0.2, 0.25) is 0 Å². The Morgan fingerprint density at radius 3 is 2.45 bits per heavy atom. The topological polar surface area (TPSA) is 95.1 Å². The quantitative estimate of drug-likeness (QED) is 0.712. The summed E-state index contributed by atoms with van der Waals surface area (Å²) in [5.74, 6) is -1.24. The van der Waals surface area contributed by atoms with Gasteiger partial charge in [0.25, 0.3) is 5.91 Å². The third kappa shape index (κ3) is 4.36. The zero-order chi connectivity index (χ0) is 15.3. The summed E-state index contributed by atoms with van der Waals surface area (Å²) in [5.41, 5.74) is 2.04. The molecule has 6 nitrogen and oxygen atoms in total. The molecule has 1 aromatic heterocycles. The molecular weight excluding hydrogens is 258 g/mol. The monoisotopic (exact) mass is 281 g/mol. The minimum Gasteiger partial charge on any atom is -0.481 e. The highest BCUT2D eigenvalue weighted by atomic mass is 16.4. The molecule has 2 atom stereocenters. The van der Waals surface area contributed by atoms with Gasteiger partial charge in [-0.2, -0.15) is 5.10 Å². The van der Waals surface area contributed by atoms with E-state index in [0.717, 1.165) is 18.5 Å². The zero-order valence-corrected chi connectivity index (χ0v) is 12.5. The average molecular weight is 281 g/mol. The summed E-state index contributed by atoms with van der Waals surface area (Å²) in [6, 6.07) is 0.0113. The Kier molecular flexibility index (Phi) is 5.73. The van der Waals surface area contributed by atoms with Gasteiger partial charge in [-0.1, -0.05) is 13.3 Å². The fourth-order valence-electron chi connectivity index (χ4n) is 2.11. The van der Waals surface area contributed by atoms with Crippen LogP contribution in [0, 0.1) is 19.8 Å². The highest BCUT2D eigenvalue weighted by molar-refractivity contribution is 5.96. The number of nitrogens with one attached hydrogen (secondary N) is 2. The first-order valence-corrected chi connectivity index (χ1v) is 6.88. The second-order valence-corrected chi connectivity index (χ2v) is 5.35. The molecule has 0 saturated carbocycles. The van der Waals surface area contributed by atoms with Crippen molar-refractivity contribution in [3.05, 3.63) is 17.0 Å². The number of aromatic nitrogens is 2. The number of carboxylic acids is 1. The number of rotatable bonds is 7. The maximum atomic E-state index is 12.1. The summed E-state index contributed by atoms with van der Waals surface area (Å²) in [6.07, 6.45) is 2.16. The first kappa shape index (κ1) is 16.2. The smallest absolute Gasteiger partial charge is 0.306 e. The Hall–Kier alpha value is -1.85. The zero-order valence-electron chi connectivity index (χ0n) is 12.5. The Balaban J connectivity index is 2.41. The molecule has 0 aromatic carbocycles. The van der Waals surface area contributed by atoms with Crippen LogP contribution in [-0.2, 0) is 4.79 Å². The summed E-state index contributed by atoms with van der Waals surface area (Å²) in [4.78, 5) is 22.8. The van der Waals surface area contributed by atoms with Gasteiger partial charge in [0, 0.05) is 11.7 Å². The number of nitrogens with zero attached hydrogens (tertiary/aromatic N) is 1. The van der Waals surface area contributed by atoms with E-state index in [9.17, 15) is 9.59 Å². The predicted octanol–water partition coefficient (Wildman–Crippen LogP) is 2.04. The molecule has 1 rings (SSSR count). The van der Waals surface area contributed by atoms with Crippen molar-refractivity contribution in [2.75, 3.05) is 0 Å². The van der Waals surface area contributed by atoms with Crippen LogP contribution in [-0.4, -0.2) is 33.2 Å². The van der Waals surface area contributed by atoms with Gasteiger partial charge < -0.3 is 10.4 Å². The van der Waals surface area contributed by atoms with E-state index in [0.29, 0.717) is 17.7 Å². The summed E-state index contributed by atoms with van der Waals surface area (Å²) in [6.45, 7) is 7.23.